The Morgan fingerprint density at radius 3 is 2.60 bits per heavy atom. The minimum absolute atomic E-state index is 0.00704. The lowest BCUT2D eigenvalue weighted by atomic mass is 10.1. The van der Waals surface area contributed by atoms with E-state index in [2.05, 4.69) is 16.0 Å². The molecular formula is C24H22N4O2. The van der Waals surface area contributed by atoms with Crippen LogP contribution in [0.15, 0.2) is 72.9 Å². The first-order chi connectivity index (χ1) is 14.7. The van der Waals surface area contributed by atoms with Gasteiger partial charge in [-0.15, -0.1) is 0 Å². The molecule has 1 aliphatic heterocycles. The maximum atomic E-state index is 13.0. The van der Waals surface area contributed by atoms with Crippen LogP contribution in [0.5, 0.6) is 5.75 Å². The molecule has 1 aliphatic rings. The van der Waals surface area contributed by atoms with Crippen LogP contribution in [0.1, 0.15) is 21.5 Å². The molecule has 3 aromatic rings. The third-order valence-corrected chi connectivity index (χ3v) is 5.08. The lowest BCUT2D eigenvalue weighted by molar-refractivity contribution is 0.0746. The van der Waals surface area contributed by atoms with E-state index in [4.69, 9.17) is 10.00 Å². The molecule has 0 bridgehead atoms. The van der Waals surface area contributed by atoms with Crippen molar-refractivity contribution in [2.24, 2.45) is 0 Å². The second kappa shape index (κ2) is 9.10. The van der Waals surface area contributed by atoms with Gasteiger partial charge in [-0.1, -0.05) is 24.3 Å². The summed E-state index contributed by atoms with van der Waals surface area (Å²) >= 11 is 0. The first-order valence-electron chi connectivity index (χ1n) is 9.90. The van der Waals surface area contributed by atoms with Crippen molar-refractivity contribution < 1.29 is 9.53 Å². The summed E-state index contributed by atoms with van der Waals surface area (Å²) in [4.78, 5) is 21.4. The number of benzene rings is 2. The molecule has 6 heteroatoms. The summed E-state index contributed by atoms with van der Waals surface area (Å²) in [7, 11) is 0. The van der Waals surface area contributed by atoms with E-state index in [-0.39, 0.29) is 5.91 Å². The summed E-state index contributed by atoms with van der Waals surface area (Å²) < 4.78 is 5.85. The zero-order chi connectivity index (χ0) is 20.8. The van der Waals surface area contributed by atoms with Crippen molar-refractivity contribution in [2.75, 3.05) is 31.1 Å². The number of piperazine rings is 1. The van der Waals surface area contributed by atoms with Crippen LogP contribution < -0.4 is 9.64 Å². The van der Waals surface area contributed by atoms with Crippen LogP contribution in [-0.4, -0.2) is 42.0 Å². The second-order valence-corrected chi connectivity index (χ2v) is 7.10. The molecule has 0 radical (unpaired) electrons. The molecule has 0 aliphatic carbocycles. The normalized spacial score (nSPS) is 13.6. The first kappa shape index (κ1) is 19.5. The smallest absolute Gasteiger partial charge is 0.254 e. The highest BCUT2D eigenvalue weighted by Gasteiger charge is 2.23. The van der Waals surface area contributed by atoms with Crippen LogP contribution >= 0.6 is 0 Å². The highest BCUT2D eigenvalue weighted by Crippen LogP contribution is 2.19. The standard InChI is InChI=1S/C24H22N4O2/c25-17-19-5-3-6-20(15-19)18-30-22-8-4-7-21(16-22)24(29)28-13-11-27(12-14-28)23-9-1-2-10-26-23/h1-10,15-16H,11-14,18H2. The Morgan fingerprint density at radius 1 is 1.00 bits per heavy atom. The minimum Gasteiger partial charge on any atom is -0.489 e. The lowest BCUT2D eigenvalue weighted by Gasteiger charge is -2.35. The zero-order valence-electron chi connectivity index (χ0n) is 16.6. The molecule has 1 saturated heterocycles. The van der Waals surface area contributed by atoms with E-state index in [1.807, 2.05) is 53.4 Å². The average Bonchev–Trinajstić information content (AvgIpc) is 2.83. The number of carbonyl (C=O) groups excluding carboxylic acids is 1. The van der Waals surface area contributed by atoms with Crippen molar-refractivity contribution in [3.8, 4) is 11.8 Å². The number of amides is 1. The quantitative estimate of drug-likeness (QED) is 0.658. The van der Waals surface area contributed by atoms with E-state index in [0.29, 0.717) is 36.6 Å². The molecule has 30 heavy (non-hydrogen) atoms. The van der Waals surface area contributed by atoms with Gasteiger partial charge in [0, 0.05) is 37.9 Å². The number of hydrogen-bond acceptors (Lipinski definition) is 5. The third-order valence-electron chi connectivity index (χ3n) is 5.08. The predicted molar refractivity (Wildman–Crippen MR) is 114 cm³/mol. The van der Waals surface area contributed by atoms with Gasteiger partial charge in [-0.05, 0) is 48.0 Å². The van der Waals surface area contributed by atoms with Crippen molar-refractivity contribution in [1.82, 2.24) is 9.88 Å². The average molecular weight is 398 g/mol. The first-order valence-corrected chi connectivity index (χ1v) is 9.90. The highest BCUT2D eigenvalue weighted by atomic mass is 16.5. The Bertz CT molecular complexity index is 1050. The van der Waals surface area contributed by atoms with Gasteiger partial charge in [-0.2, -0.15) is 5.26 Å². The Labute approximate surface area is 176 Å². The van der Waals surface area contributed by atoms with Crippen molar-refractivity contribution in [3.63, 3.8) is 0 Å². The summed E-state index contributed by atoms with van der Waals surface area (Å²) in [5.74, 6) is 1.59. The molecule has 2 aromatic carbocycles. The second-order valence-electron chi connectivity index (χ2n) is 7.10. The molecule has 0 atom stereocenters. The molecule has 2 heterocycles. The number of ether oxygens (including phenoxy) is 1. The number of carbonyl (C=O) groups is 1. The van der Waals surface area contributed by atoms with Crippen molar-refractivity contribution in [2.45, 2.75) is 6.61 Å². The van der Waals surface area contributed by atoms with Crippen LogP contribution in [0.4, 0.5) is 5.82 Å². The number of aromatic nitrogens is 1. The summed E-state index contributed by atoms with van der Waals surface area (Å²) in [6.07, 6.45) is 1.79. The molecule has 150 valence electrons. The van der Waals surface area contributed by atoms with Crippen LogP contribution in [-0.2, 0) is 6.61 Å². The van der Waals surface area contributed by atoms with E-state index < -0.39 is 0 Å². The van der Waals surface area contributed by atoms with Crippen molar-refractivity contribution in [1.29, 1.82) is 5.26 Å². The Morgan fingerprint density at radius 2 is 1.83 bits per heavy atom. The highest BCUT2D eigenvalue weighted by molar-refractivity contribution is 5.94. The van der Waals surface area contributed by atoms with Crippen molar-refractivity contribution >= 4 is 11.7 Å². The van der Waals surface area contributed by atoms with E-state index in [9.17, 15) is 4.79 Å². The van der Waals surface area contributed by atoms with Crippen LogP contribution in [0.25, 0.3) is 0 Å². The van der Waals surface area contributed by atoms with Crippen LogP contribution in [0.3, 0.4) is 0 Å². The fraction of sp³-hybridized carbons (Fsp3) is 0.208. The maximum absolute atomic E-state index is 13.0. The van der Waals surface area contributed by atoms with Gasteiger partial charge in [0.2, 0.25) is 0 Å². The predicted octanol–water partition coefficient (Wildman–Crippen LogP) is 3.49. The van der Waals surface area contributed by atoms with Crippen molar-refractivity contribution in [3.05, 3.63) is 89.6 Å². The topological polar surface area (TPSA) is 69.5 Å². The number of nitriles is 1. The fourth-order valence-electron chi connectivity index (χ4n) is 3.48. The molecule has 0 unspecified atom stereocenters. The molecule has 0 spiro atoms. The largest absolute Gasteiger partial charge is 0.489 e. The molecule has 0 N–H and O–H groups in total. The van der Waals surface area contributed by atoms with Gasteiger partial charge in [0.1, 0.15) is 18.2 Å². The Kier molecular flexibility index (Phi) is 5.90. The van der Waals surface area contributed by atoms with Gasteiger partial charge < -0.3 is 14.5 Å². The van der Waals surface area contributed by atoms with Crippen LogP contribution in [0.2, 0.25) is 0 Å². The number of nitrogens with zero attached hydrogens (tertiary/aromatic N) is 4. The summed E-state index contributed by atoms with van der Waals surface area (Å²) in [5.41, 5.74) is 2.13. The van der Waals surface area contributed by atoms with E-state index in [0.717, 1.165) is 24.5 Å². The van der Waals surface area contributed by atoms with Gasteiger partial charge in [-0.25, -0.2) is 4.98 Å². The maximum Gasteiger partial charge on any atom is 0.254 e. The third kappa shape index (κ3) is 4.58. The number of rotatable bonds is 5. The summed E-state index contributed by atoms with van der Waals surface area (Å²) in [5, 5.41) is 9.01. The minimum atomic E-state index is 0.00704. The van der Waals surface area contributed by atoms with Crippen LogP contribution in [0, 0.1) is 11.3 Å². The molecule has 1 aromatic heterocycles. The Hall–Kier alpha value is -3.85. The molecular weight excluding hydrogens is 376 g/mol. The van der Waals surface area contributed by atoms with Gasteiger partial charge in [0.15, 0.2) is 0 Å². The number of hydrogen-bond donors (Lipinski definition) is 0. The number of pyridine rings is 1. The zero-order valence-corrected chi connectivity index (χ0v) is 16.6. The lowest BCUT2D eigenvalue weighted by Crippen LogP contribution is -2.49. The van der Waals surface area contributed by atoms with Gasteiger partial charge in [0.05, 0.1) is 11.6 Å². The SMILES string of the molecule is N#Cc1cccc(COc2cccc(C(=O)N3CCN(c4ccccn4)CC3)c2)c1. The summed E-state index contributed by atoms with van der Waals surface area (Å²) in [6, 6.07) is 22.6. The molecule has 6 nitrogen and oxygen atoms in total. The van der Waals surface area contributed by atoms with E-state index in [1.165, 1.54) is 0 Å². The Balaban J connectivity index is 1.36. The van der Waals surface area contributed by atoms with Gasteiger partial charge in [-0.3, -0.25) is 4.79 Å². The summed E-state index contributed by atoms with van der Waals surface area (Å²) in [6.45, 7) is 3.17. The molecule has 0 saturated carbocycles. The fourth-order valence-corrected chi connectivity index (χ4v) is 3.48. The molecule has 4 rings (SSSR count). The van der Waals surface area contributed by atoms with E-state index >= 15 is 0 Å². The van der Waals surface area contributed by atoms with E-state index in [1.54, 1.807) is 24.4 Å². The van der Waals surface area contributed by atoms with Gasteiger partial charge >= 0.3 is 0 Å². The van der Waals surface area contributed by atoms with Gasteiger partial charge in [0.25, 0.3) is 5.91 Å². The molecule has 1 fully saturated rings. The number of anilines is 1. The monoisotopic (exact) mass is 398 g/mol. The molecule has 1 amide bonds.